The Morgan fingerprint density at radius 1 is 1.17 bits per heavy atom. The molecule has 2 amide bonds. The van der Waals surface area contributed by atoms with Crippen LogP contribution in [0.25, 0.3) is 11.2 Å². The normalized spacial score (nSPS) is 11.6. The van der Waals surface area contributed by atoms with Crippen molar-refractivity contribution in [1.82, 2.24) is 30.6 Å². The minimum absolute atomic E-state index is 0.00686. The van der Waals surface area contributed by atoms with E-state index in [0.29, 0.717) is 17.9 Å². The fraction of sp³-hybridized carbons (Fsp3) is 0.318. The summed E-state index contributed by atoms with van der Waals surface area (Å²) in [6, 6.07) is 5.17. The zero-order valence-corrected chi connectivity index (χ0v) is 19.0. The Kier molecular flexibility index (Phi) is 8.27. The average molecular weight is 483 g/mol. The lowest BCUT2D eigenvalue weighted by Crippen LogP contribution is -2.41. The first-order valence-corrected chi connectivity index (χ1v) is 10.9. The van der Waals surface area contributed by atoms with Gasteiger partial charge in [0.05, 0.1) is 18.4 Å². The van der Waals surface area contributed by atoms with E-state index < -0.39 is 23.5 Å². The number of nitrogens with one attached hydrogen (secondary N) is 4. The van der Waals surface area contributed by atoms with Crippen LogP contribution in [-0.4, -0.2) is 55.4 Å². The van der Waals surface area contributed by atoms with Crippen molar-refractivity contribution in [3.63, 3.8) is 0 Å². The second-order valence-electron chi connectivity index (χ2n) is 7.67. The second-order valence-corrected chi connectivity index (χ2v) is 7.67. The number of hydrogen-bond donors (Lipinski definition) is 6. The molecule has 35 heavy (non-hydrogen) atoms. The Bertz CT molecular complexity index is 1280. The number of carboxylic acid groups (broad SMARTS) is 1. The van der Waals surface area contributed by atoms with Crippen molar-refractivity contribution in [2.45, 2.75) is 38.8 Å². The van der Waals surface area contributed by atoms with Crippen LogP contribution in [0.15, 0.2) is 35.3 Å². The molecule has 2 aromatic heterocycles. The first-order chi connectivity index (χ1) is 16.8. The van der Waals surface area contributed by atoms with Crippen molar-refractivity contribution in [1.29, 1.82) is 0 Å². The van der Waals surface area contributed by atoms with Crippen molar-refractivity contribution >= 4 is 40.6 Å². The van der Waals surface area contributed by atoms with Crippen LogP contribution in [0.3, 0.4) is 0 Å². The van der Waals surface area contributed by atoms with Crippen LogP contribution in [0.2, 0.25) is 0 Å². The molecule has 1 atom stereocenters. The third kappa shape index (κ3) is 6.96. The zero-order chi connectivity index (χ0) is 25.4. The van der Waals surface area contributed by atoms with Crippen LogP contribution in [0.5, 0.6) is 0 Å². The van der Waals surface area contributed by atoms with Crippen LogP contribution in [0.1, 0.15) is 42.2 Å². The average Bonchev–Trinajstić information content (AvgIpc) is 2.84. The summed E-state index contributed by atoms with van der Waals surface area (Å²) in [6.45, 7) is 2.68. The van der Waals surface area contributed by atoms with Gasteiger partial charge in [0.2, 0.25) is 11.9 Å². The number of nitrogen functional groups attached to an aromatic ring is 1. The van der Waals surface area contributed by atoms with Gasteiger partial charge in [-0.2, -0.15) is 4.98 Å². The Morgan fingerprint density at radius 2 is 1.91 bits per heavy atom. The number of carboxylic acids is 1. The van der Waals surface area contributed by atoms with Crippen LogP contribution in [-0.2, 0) is 16.1 Å². The molecule has 7 N–H and O–H groups in total. The van der Waals surface area contributed by atoms with E-state index in [1.54, 1.807) is 12.1 Å². The summed E-state index contributed by atoms with van der Waals surface area (Å²) in [5, 5.41) is 17.6. The molecule has 0 fully saturated rings. The highest BCUT2D eigenvalue weighted by Gasteiger charge is 2.21. The second kappa shape index (κ2) is 11.5. The molecule has 1 aromatic carbocycles. The lowest BCUT2D eigenvalue weighted by atomic mass is 10.1. The molecule has 184 valence electrons. The van der Waals surface area contributed by atoms with E-state index in [0.717, 1.165) is 6.42 Å². The number of carbonyl (C=O) groups is 3. The minimum atomic E-state index is -1.21. The maximum absolute atomic E-state index is 12.5. The molecule has 0 saturated heterocycles. The van der Waals surface area contributed by atoms with Crippen LogP contribution in [0.4, 0.5) is 11.6 Å². The molecule has 0 aliphatic rings. The van der Waals surface area contributed by atoms with Gasteiger partial charge in [-0.1, -0.05) is 6.92 Å². The van der Waals surface area contributed by atoms with E-state index in [2.05, 4.69) is 35.9 Å². The van der Waals surface area contributed by atoms with Gasteiger partial charge in [-0.3, -0.25) is 19.4 Å². The number of anilines is 2. The summed E-state index contributed by atoms with van der Waals surface area (Å²) in [5.74, 6) is -2.08. The highest BCUT2D eigenvalue weighted by Crippen LogP contribution is 2.12. The number of amides is 2. The SMILES string of the molecule is CCCNC(=O)CCC(NC(=O)c1ccc(NCc2cnc3nc(N)[nH]c(=O)c3n2)cc1)C(=O)O. The summed E-state index contributed by atoms with van der Waals surface area (Å²) in [5.41, 5.74) is 6.64. The maximum atomic E-state index is 12.5. The summed E-state index contributed by atoms with van der Waals surface area (Å²) < 4.78 is 0. The quantitative estimate of drug-likeness (QED) is 0.222. The number of aromatic nitrogens is 4. The van der Waals surface area contributed by atoms with E-state index in [1.807, 2.05) is 6.92 Å². The van der Waals surface area contributed by atoms with Crippen molar-refractivity contribution in [3.8, 4) is 0 Å². The van der Waals surface area contributed by atoms with E-state index >= 15 is 0 Å². The van der Waals surface area contributed by atoms with Gasteiger partial charge in [0.15, 0.2) is 11.2 Å². The maximum Gasteiger partial charge on any atom is 0.326 e. The van der Waals surface area contributed by atoms with Crippen molar-refractivity contribution in [2.24, 2.45) is 0 Å². The van der Waals surface area contributed by atoms with Gasteiger partial charge < -0.3 is 26.8 Å². The van der Waals surface area contributed by atoms with Crippen LogP contribution >= 0.6 is 0 Å². The van der Waals surface area contributed by atoms with E-state index in [-0.39, 0.29) is 48.0 Å². The molecule has 13 heteroatoms. The van der Waals surface area contributed by atoms with E-state index in [9.17, 15) is 24.3 Å². The van der Waals surface area contributed by atoms with Gasteiger partial charge in [-0.05, 0) is 37.1 Å². The number of rotatable bonds is 11. The third-order valence-corrected chi connectivity index (χ3v) is 4.94. The van der Waals surface area contributed by atoms with Crippen molar-refractivity contribution in [3.05, 3.63) is 52.1 Å². The molecule has 13 nitrogen and oxygen atoms in total. The predicted molar refractivity (Wildman–Crippen MR) is 128 cm³/mol. The first kappa shape index (κ1) is 25.1. The molecule has 0 bridgehead atoms. The van der Waals surface area contributed by atoms with E-state index in [4.69, 9.17) is 5.73 Å². The van der Waals surface area contributed by atoms with Gasteiger partial charge in [0, 0.05) is 24.2 Å². The molecule has 1 unspecified atom stereocenters. The lowest BCUT2D eigenvalue weighted by Gasteiger charge is -2.15. The lowest BCUT2D eigenvalue weighted by molar-refractivity contribution is -0.139. The molecular weight excluding hydrogens is 456 g/mol. The molecular formula is C22H26N8O5. The number of fused-ring (bicyclic) bond motifs is 1. The topological polar surface area (TPSA) is 205 Å². The summed E-state index contributed by atoms with van der Waals surface area (Å²) in [7, 11) is 0. The fourth-order valence-electron chi connectivity index (χ4n) is 3.12. The monoisotopic (exact) mass is 482 g/mol. The molecule has 0 aliphatic heterocycles. The summed E-state index contributed by atoms with van der Waals surface area (Å²) >= 11 is 0. The van der Waals surface area contributed by atoms with E-state index in [1.165, 1.54) is 18.3 Å². The standard InChI is InChI=1S/C22H26N8O5/c1-2-9-24-16(31)8-7-15(21(34)35)28-19(32)12-3-5-13(6-4-12)25-10-14-11-26-18-17(27-14)20(33)30-22(23)29-18/h3-6,11,15,25H,2,7-10H2,1H3,(H,24,31)(H,28,32)(H,34,35)(H3,23,26,29,30,33). The number of benzene rings is 1. The predicted octanol–water partition coefficient (Wildman–Crippen LogP) is 0.397. The molecule has 0 radical (unpaired) electrons. The first-order valence-electron chi connectivity index (χ1n) is 10.9. The van der Waals surface area contributed by atoms with Gasteiger partial charge in [0.1, 0.15) is 6.04 Å². The smallest absolute Gasteiger partial charge is 0.326 e. The highest BCUT2D eigenvalue weighted by molar-refractivity contribution is 5.97. The molecule has 2 heterocycles. The fourth-order valence-corrected chi connectivity index (χ4v) is 3.12. The number of carbonyl (C=O) groups excluding carboxylic acids is 2. The van der Waals surface area contributed by atoms with Crippen LogP contribution < -0.4 is 27.2 Å². The number of nitrogens with two attached hydrogens (primary N) is 1. The number of nitrogens with zero attached hydrogens (tertiary/aromatic N) is 3. The number of aliphatic carboxylic acids is 1. The molecule has 3 aromatic rings. The Balaban J connectivity index is 1.57. The summed E-state index contributed by atoms with van der Waals surface area (Å²) in [6.07, 6.45) is 2.22. The molecule has 0 aliphatic carbocycles. The van der Waals surface area contributed by atoms with Gasteiger partial charge in [-0.25, -0.2) is 14.8 Å². The van der Waals surface area contributed by atoms with Gasteiger partial charge >= 0.3 is 5.97 Å². The zero-order valence-electron chi connectivity index (χ0n) is 19.0. The van der Waals surface area contributed by atoms with Crippen molar-refractivity contribution in [2.75, 3.05) is 17.6 Å². The largest absolute Gasteiger partial charge is 0.480 e. The van der Waals surface area contributed by atoms with Gasteiger partial charge in [-0.15, -0.1) is 0 Å². The molecule has 0 saturated carbocycles. The van der Waals surface area contributed by atoms with Crippen LogP contribution in [0, 0.1) is 0 Å². The van der Waals surface area contributed by atoms with Gasteiger partial charge in [0.25, 0.3) is 11.5 Å². The Labute approximate surface area is 199 Å². The number of hydrogen-bond acceptors (Lipinski definition) is 9. The highest BCUT2D eigenvalue weighted by atomic mass is 16.4. The number of aromatic amines is 1. The summed E-state index contributed by atoms with van der Waals surface area (Å²) in [4.78, 5) is 62.3. The minimum Gasteiger partial charge on any atom is -0.480 e. The Morgan fingerprint density at radius 3 is 2.60 bits per heavy atom. The van der Waals surface area contributed by atoms with Crippen molar-refractivity contribution < 1.29 is 19.5 Å². The Hall–Kier alpha value is -4.55. The molecule has 0 spiro atoms. The number of H-pyrrole nitrogens is 1. The third-order valence-electron chi connectivity index (χ3n) is 4.94. The molecule has 3 rings (SSSR count).